The Kier molecular flexibility index (Phi) is 7.31. The maximum absolute atomic E-state index is 11.2. The Morgan fingerprint density at radius 2 is 1.94 bits per heavy atom. The summed E-state index contributed by atoms with van der Waals surface area (Å²) in [6, 6.07) is -1.07. The first-order valence-electron chi connectivity index (χ1n) is 5.08. The minimum Gasteiger partial charge on any atom is -0.520 e. The molecule has 0 bridgehead atoms. The third kappa shape index (κ3) is 8.51. The van der Waals surface area contributed by atoms with E-state index in [1.165, 1.54) is 6.41 Å². The molecule has 3 N–H and O–H groups in total. The summed E-state index contributed by atoms with van der Waals surface area (Å²) < 4.78 is 4.94. The topological polar surface area (TPSA) is 105 Å². The largest absolute Gasteiger partial charge is 0.520 e. The SMILES string of the molecule is CC(C)(C)OC(=O)NCCC(N[C-]=O)C(=O)O.[Fm]. The van der Waals surface area contributed by atoms with Crippen molar-refractivity contribution in [1.29, 1.82) is 0 Å². The van der Waals surface area contributed by atoms with Gasteiger partial charge in [-0.2, -0.15) is 6.41 Å². The van der Waals surface area contributed by atoms with Crippen molar-refractivity contribution in [3.63, 3.8) is 0 Å². The molecule has 1 unspecified atom stereocenters. The predicted molar refractivity (Wildman–Crippen MR) is 59.1 cm³/mol. The van der Waals surface area contributed by atoms with E-state index in [1.807, 2.05) is 5.32 Å². The van der Waals surface area contributed by atoms with E-state index in [4.69, 9.17) is 9.84 Å². The van der Waals surface area contributed by atoms with Crippen molar-refractivity contribution in [2.75, 3.05) is 6.54 Å². The molecule has 2 amide bonds. The van der Waals surface area contributed by atoms with Gasteiger partial charge in [0.1, 0.15) is 5.60 Å². The van der Waals surface area contributed by atoms with E-state index >= 15 is 0 Å². The van der Waals surface area contributed by atoms with E-state index in [-0.39, 0.29) is 13.0 Å². The molecule has 0 heterocycles. The summed E-state index contributed by atoms with van der Waals surface area (Å²) in [5, 5.41) is 13.1. The fourth-order valence-electron chi connectivity index (χ4n) is 0.961. The second-order valence-corrected chi connectivity index (χ2v) is 4.35. The number of nitrogens with one attached hydrogen (secondary N) is 2. The van der Waals surface area contributed by atoms with Crippen LogP contribution in [0.2, 0.25) is 0 Å². The number of ether oxygens (including phenoxy) is 1. The molecule has 0 saturated heterocycles. The van der Waals surface area contributed by atoms with Crippen molar-refractivity contribution in [2.24, 2.45) is 0 Å². The molecule has 0 aromatic heterocycles. The van der Waals surface area contributed by atoms with Crippen LogP contribution in [-0.2, 0) is 14.3 Å². The van der Waals surface area contributed by atoms with Crippen molar-refractivity contribution in [2.45, 2.75) is 38.8 Å². The molecule has 0 aliphatic heterocycles. The number of hydrogen-bond donors (Lipinski definition) is 3. The summed E-state index contributed by atoms with van der Waals surface area (Å²) in [6.45, 7) is 5.24. The van der Waals surface area contributed by atoms with Crippen molar-refractivity contribution >= 4 is 18.5 Å². The standard InChI is InChI=1S/C10H17N2O5.Fm/c1-10(2,3)17-9(16)11-5-4-7(8(14)15)12-6-13;/h7H,4-5H2,1-3H3,(H,11,16)(H,12,13)(H,14,15);/q-1;. The fourth-order valence-corrected chi connectivity index (χ4v) is 0.961. The Morgan fingerprint density at radius 1 is 1.39 bits per heavy atom. The zero-order chi connectivity index (χ0) is 13.5. The minimum atomic E-state index is -1.18. The van der Waals surface area contributed by atoms with Gasteiger partial charge in [0.2, 0.25) is 0 Å². The number of alkyl carbamates (subject to hydrolysis) is 1. The number of aliphatic carboxylic acids is 1. The van der Waals surface area contributed by atoms with Crippen LogP contribution in [0.15, 0.2) is 0 Å². The van der Waals surface area contributed by atoms with E-state index in [2.05, 4.69) is 5.32 Å². The molecule has 0 rings (SSSR count). The van der Waals surface area contributed by atoms with E-state index in [0.717, 1.165) is 0 Å². The van der Waals surface area contributed by atoms with Gasteiger partial charge in [-0.05, 0) is 27.2 Å². The molecular formula is C10H17FmN2O5-. The molecule has 0 aromatic rings. The molecule has 18 heavy (non-hydrogen) atoms. The quantitative estimate of drug-likeness (QED) is 0.351. The van der Waals surface area contributed by atoms with Gasteiger partial charge in [-0.3, -0.25) is 4.79 Å². The molecule has 0 radical (unpaired) electrons. The molecule has 0 spiro atoms. The molecule has 0 aromatic carbocycles. The second-order valence-electron chi connectivity index (χ2n) is 4.35. The van der Waals surface area contributed by atoms with Gasteiger partial charge in [-0.15, -0.1) is 0 Å². The Balaban J connectivity index is 0. The van der Waals surface area contributed by atoms with Crippen LogP contribution < -0.4 is 10.6 Å². The Labute approximate surface area is 99.5 Å². The van der Waals surface area contributed by atoms with Crippen LogP contribution in [0.4, 0.5) is 4.79 Å². The normalized spacial score (nSPS) is 11.7. The third-order valence-electron chi connectivity index (χ3n) is 1.63. The summed E-state index contributed by atoms with van der Waals surface area (Å²) >= 11 is 0. The van der Waals surface area contributed by atoms with Gasteiger partial charge in [0.15, 0.2) is 0 Å². The maximum Gasteiger partial charge on any atom is 0.407 e. The summed E-state index contributed by atoms with van der Waals surface area (Å²) in [5.74, 6) is -1.18. The first-order valence-corrected chi connectivity index (χ1v) is 5.08. The first kappa shape index (κ1) is 17.6. The van der Waals surface area contributed by atoms with Crippen molar-refractivity contribution in [1.82, 2.24) is 10.6 Å². The Bertz CT molecular complexity index is 290. The van der Waals surface area contributed by atoms with Crippen LogP contribution in [0.1, 0.15) is 27.2 Å². The predicted octanol–water partition coefficient (Wildman–Crippen LogP) is 0.0112. The number of amides is 2. The average Bonchev–Trinajstić information content (AvgIpc) is 2.13. The van der Waals surface area contributed by atoms with Crippen molar-refractivity contribution < 1.29 is 24.2 Å². The number of hydrogen-bond acceptors (Lipinski definition) is 4. The molecule has 0 aliphatic rings. The second kappa shape index (κ2) is 7.48. The number of carbonyl (C=O) groups is 2. The van der Waals surface area contributed by atoms with E-state index in [9.17, 15) is 14.4 Å². The molecule has 8 heteroatoms. The zero-order valence-corrected chi connectivity index (χ0v) is 12.8. The van der Waals surface area contributed by atoms with E-state index < -0.39 is 23.7 Å². The van der Waals surface area contributed by atoms with Gasteiger partial charge in [-0.25, -0.2) is 4.79 Å². The van der Waals surface area contributed by atoms with Crippen LogP contribution in [0.5, 0.6) is 0 Å². The molecule has 0 fully saturated rings. The van der Waals surface area contributed by atoms with Crippen molar-refractivity contribution in [3.8, 4) is 0 Å². The van der Waals surface area contributed by atoms with Crippen LogP contribution in [0.25, 0.3) is 0 Å². The molecule has 1 atom stereocenters. The molecule has 110 valence electrons. The number of rotatable bonds is 6. The summed E-state index contributed by atoms with van der Waals surface area (Å²) in [6.07, 6.45) is 0.732. The van der Waals surface area contributed by atoms with Crippen molar-refractivity contribution in [3.05, 3.63) is 0 Å². The molecule has 0 aliphatic carbocycles. The van der Waals surface area contributed by atoms with Gasteiger partial charge in [0.25, 0.3) is 0 Å². The Morgan fingerprint density at radius 3 is 2.33 bits per heavy atom. The first-order chi connectivity index (χ1) is 7.76. The van der Waals surface area contributed by atoms with Gasteiger partial charge in [-0.1, -0.05) is 0 Å². The van der Waals surface area contributed by atoms with Crippen LogP contribution >= 0.6 is 0 Å². The number of carbonyl (C=O) groups excluding carboxylic acids is 2. The molecule has 0 saturated carbocycles. The molecule has 7 nitrogen and oxygen atoms in total. The minimum absolute atomic E-state index is 0. The van der Waals surface area contributed by atoms with Gasteiger partial charge in [0.05, 0.1) is 6.04 Å². The monoisotopic (exact) mass is 502 g/mol. The average molecular weight is 502 g/mol. The van der Waals surface area contributed by atoms with Gasteiger partial charge in [0, 0.05) is 6.54 Å². The maximum atomic E-state index is 11.2. The smallest absolute Gasteiger partial charge is 0.407 e. The third-order valence-corrected chi connectivity index (χ3v) is 1.63. The zero-order valence-electron chi connectivity index (χ0n) is 10.4. The van der Waals surface area contributed by atoms with Crippen LogP contribution in [0.3, 0.4) is 0 Å². The molecular weight excluding hydrogens is 485 g/mol. The summed E-state index contributed by atoms with van der Waals surface area (Å²) in [4.78, 5) is 31.8. The van der Waals surface area contributed by atoms with Gasteiger partial charge < -0.3 is 25.3 Å². The Hall–Kier alpha value is -2.79. The van der Waals surface area contributed by atoms with E-state index in [0.29, 0.717) is 0 Å². The number of carboxylic acid groups (broad SMARTS) is 1. The summed E-state index contributed by atoms with van der Waals surface area (Å²) in [5.41, 5.74) is -0.606. The van der Waals surface area contributed by atoms with Crippen LogP contribution in [0, 0.1) is 0 Å². The number of carboxylic acids is 1. The van der Waals surface area contributed by atoms with Crippen LogP contribution in [-0.4, -0.2) is 41.8 Å². The van der Waals surface area contributed by atoms with Gasteiger partial charge >= 0.3 is 12.1 Å². The fraction of sp³-hybridized carbons (Fsp3) is 0.700. The van der Waals surface area contributed by atoms with E-state index in [1.54, 1.807) is 20.8 Å². The summed E-state index contributed by atoms with van der Waals surface area (Å²) in [7, 11) is 0.